The number of rotatable bonds is 6. The first-order valence-corrected chi connectivity index (χ1v) is 6.79. The molecule has 0 spiro atoms. The zero-order valence-electron chi connectivity index (χ0n) is 12.6. The maximum absolute atomic E-state index is 11.7. The normalized spacial score (nSPS) is 11.1. The fourth-order valence-electron chi connectivity index (χ4n) is 1.52. The van der Waals surface area contributed by atoms with E-state index in [0.717, 1.165) is 5.56 Å². The minimum Gasteiger partial charge on any atom is -0.464 e. The van der Waals surface area contributed by atoms with E-state index in [1.54, 1.807) is 6.08 Å². The van der Waals surface area contributed by atoms with Crippen molar-refractivity contribution in [2.45, 2.75) is 26.9 Å². The van der Waals surface area contributed by atoms with E-state index in [0.29, 0.717) is 12.3 Å². The second-order valence-electron chi connectivity index (χ2n) is 4.93. The van der Waals surface area contributed by atoms with Gasteiger partial charge in [-0.25, -0.2) is 9.59 Å². The maximum Gasteiger partial charge on any atom is 0.412 e. The van der Waals surface area contributed by atoms with Crippen molar-refractivity contribution in [1.82, 2.24) is 5.32 Å². The number of benzene rings is 1. The van der Waals surface area contributed by atoms with Crippen molar-refractivity contribution < 1.29 is 19.1 Å². The molecule has 0 atom stereocenters. The molecule has 0 aliphatic rings. The van der Waals surface area contributed by atoms with E-state index in [1.165, 1.54) is 7.11 Å². The second kappa shape index (κ2) is 8.79. The van der Waals surface area contributed by atoms with Crippen LogP contribution in [0.5, 0.6) is 0 Å². The molecule has 114 valence electrons. The zero-order chi connectivity index (χ0) is 15.7. The largest absolute Gasteiger partial charge is 0.464 e. The van der Waals surface area contributed by atoms with Gasteiger partial charge in [0.1, 0.15) is 12.3 Å². The second-order valence-corrected chi connectivity index (χ2v) is 4.93. The summed E-state index contributed by atoms with van der Waals surface area (Å²) in [5.41, 5.74) is 0.975. The molecule has 0 saturated carbocycles. The Balaban J connectivity index is 2.55. The van der Waals surface area contributed by atoms with Crippen molar-refractivity contribution in [3.63, 3.8) is 0 Å². The first-order valence-electron chi connectivity index (χ1n) is 6.79. The molecule has 0 unspecified atom stereocenters. The van der Waals surface area contributed by atoms with Crippen molar-refractivity contribution in [2.75, 3.05) is 7.11 Å². The van der Waals surface area contributed by atoms with Gasteiger partial charge >= 0.3 is 12.1 Å². The van der Waals surface area contributed by atoms with Crippen LogP contribution >= 0.6 is 0 Å². The summed E-state index contributed by atoms with van der Waals surface area (Å²) >= 11 is 0. The summed E-state index contributed by atoms with van der Waals surface area (Å²) in [5.74, 6) is -0.223. The first kappa shape index (κ1) is 16.8. The Labute approximate surface area is 124 Å². The smallest absolute Gasteiger partial charge is 0.412 e. The molecule has 1 N–H and O–H groups in total. The minimum absolute atomic E-state index is 0.101. The molecule has 0 aromatic heterocycles. The number of esters is 1. The number of hydrogen-bond donors (Lipinski definition) is 1. The summed E-state index contributed by atoms with van der Waals surface area (Å²) in [6, 6.07) is 9.30. The molecule has 5 nitrogen and oxygen atoms in total. The van der Waals surface area contributed by atoms with Crippen molar-refractivity contribution in [3.05, 3.63) is 47.7 Å². The molecule has 0 bridgehead atoms. The standard InChI is InChI=1S/C16H21NO4/c1-12(2)9-10-14(15(18)20-3)17-16(19)21-11-13-7-5-4-6-8-13/h4-8,10,12H,9,11H2,1-3H3,(H,17,19)/b14-10-. The highest BCUT2D eigenvalue weighted by atomic mass is 16.6. The monoisotopic (exact) mass is 291 g/mol. The molecule has 1 aromatic carbocycles. The van der Waals surface area contributed by atoms with Gasteiger partial charge in [-0.05, 0) is 17.9 Å². The van der Waals surface area contributed by atoms with E-state index >= 15 is 0 Å². The van der Waals surface area contributed by atoms with E-state index in [4.69, 9.17) is 4.74 Å². The van der Waals surface area contributed by atoms with Crippen LogP contribution in [0.3, 0.4) is 0 Å². The topological polar surface area (TPSA) is 64.6 Å². The third-order valence-corrected chi connectivity index (χ3v) is 2.65. The lowest BCUT2D eigenvalue weighted by Crippen LogP contribution is -2.28. The van der Waals surface area contributed by atoms with Crippen LogP contribution < -0.4 is 5.32 Å². The highest BCUT2D eigenvalue weighted by molar-refractivity contribution is 5.92. The van der Waals surface area contributed by atoms with Crippen molar-refractivity contribution >= 4 is 12.1 Å². The summed E-state index contributed by atoms with van der Waals surface area (Å²) in [6.45, 7) is 4.17. The van der Waals surface area contributed by atoms with Gasteiger partial charge in [-0.1, -0.05) is 50.3 Å². The fourth-order valence-corrected chi connectivity index (χ4v) is 1.52. The number of allylic oxidation sites excluding steroid dienone is 1. The number of carbonyl (C=O) groups excluding carboxylic acids is 2. The van der Waals surface area contributed by atoms with Gasteiger partial charge in [-0.15, -0.1) is 0 Å². The van der Waals surface area contributed by atoms with Crippen LogP contribution in [0.1, 0.15) is 25.8 Å². The number of nitrogens with one attached hydrogen (secondary N) is 1. The molecule has 5 heteroatoms. The van der Waals surface area contributed by atoms with E-state index in [2.05, 4.69) is 10.1 Å². The number of carbonyl (C=O) groups is 2. The molecule has 0 saturated heterocycles. The van der Waals surface area contributed by atoms with Crippen LogP contribution in [0.25, 0.3) is 0 Å². The van der Waals surface area contributed by atoms with Crippen LogP contribution in [0.4, 0.5) is 4.79 Å². The van der Waals surface area contributed by atoms with Gasteiger partial charge < -0.3 is 9.47 Å². The Morgan fingerprint density at radius 1 is 1.24 bits per heavy atom. The fraction of sp³-hybridized carbons (Fsp3) is 0.375. The van der Waals surface area contributed by atoms with Crippen LogP contribution in [0.2, 0.25) is 0 Å². The van der Waals surface area contributed by atoms with Gasteiger partial charge in [0.05, 0.1) is 7.11 Å². The average Bonchev–Trinajstić information content (AvgIpc) is 2.49. The number of amides is 1. The van der Waals surface area contributed by atoms with E-state index in [-0.39, 0.29) is 12.3 Å². The number of methoxy groups -OCH3 is 1. The van der Waals surface area contributed by atoms with Gasteiger partial charge in [0.2, 0.25) is 0 Å². The molecule has 1 aromatic rings. The SMILES string of the molecule is COC(=O)/C(=C/CC(C)C)NC(=O)OCc1ccccc1. The van der Waals surface area contributed by atoms with E-state index in [1.807, 2.05) is 44.2 Å². The molecule has 0 fully saturated rings. The lowest BCUT2D eigenvalue weighted by Gasteiger charge is -2.10. The molecule has 1 amide bonds. The molecule has 0 aliphatic heterocycles. The summed E-state index contributed by atoms with van der Waals surface area (Å²) in [7, 11) is 1.27. The van der Waals surface area contributed by atoms with E-state index < -0.39 is 12.1 Å². The summed E-state index contributed by atoms with van der Waals surface area (Å²) in [6.07, 6.45) is 1.61. The average molecular weight is 291 g/mol. The summed E-state index contributed by atoms with van der Waals surface area (Å²) < 4.78 is 9.69. The highest BCUT2D eigenvalue weighted by Crippen LogP contribution is 2.05. The summed E-state index contributed by atoms with van der Waals surface area (Å²) in [5, 5.41) is 2.42. The Kier molecular flexibility index (Phi) is 7.01. The lowest BCUT2D eigenvalue weighted by atomic mass is 10.1. The molecule has 0 radical (unpaired) electrons. The number of ether oxygens (including phenoxy) is 2. The number of hydrogen-bond acceptors (Lipinski definition) is 4. The van der Waals surface area contributed by atoms with Gasteiger partial charge in [0.25, 0.3) is 0 Å². The predicted molar refractivity (Wildman–Crippen MR) is 79.3 cm³/mol. The third kappa shape index (κ3) is 6.61. The number of alkyl carbamates (subject to hydrolysis) is 1. The molecule has 0 heterocycles. The quantitative estimate of drug-likeness (QED) is 0.646. The maximum atomic E-state index is 11.7. The Bertz CT molecular complexity index is 494. The van der Waals surface area contributed by atoms with Gasteiger partial charge in [-0.3, -0.25) is 5.32 Å². The molecular formula is C16H21NO4. The van der Waals surface area contributed by atoms with Gasteiger partial charge in [0.15, 0.2) is 0 Å². The van der Waals surface area contributed by atoms with Crippen molar-refractivity contribution in [1.29, 1.82) is 0 Å². The van der Waals surface area contributed by atoms with Crippen molar-refractivity contribution in [3.8, 4) is 0 Å². The molecular weight excluding hydrogens is 270 g/mol. The minimum atomic E-state index is -0.681. The Hall–Kier alpha value is -2.30. The molecule has 1 rings (SSSR count). The van der Waals surface area contributed by atoms with Gasteiger partial charge in [0, 0.05) is 0 Å². The highest BCUT2D eigenvalue weighted by Gasteiger charge is 2.14. The van der Waals surface area contributed by atoms with Gasteiger partial charge in [-0.2, -0.15) is 0 Å². The summed E-state index contributed by atoms with van der Waals surface area (Å²) in [4.78, 5) is 23.3. The third-order valence-electron chi connectivity index (χ3n) is 2.65. The zero-order valence-corrected chi connectivity index (χ0v) is 12.6. The Morgan fingerprint density at radius 2 is 1.90 bits per heavy atom. The van der Waals surface area contributed by atoms with Crippen molar-refractivity contribution in [2.24, 2.45) is 5.92 Å². The van der Waals surface area contributed by atoms with Crippen LogP contribution in [0, 0.1) is 5.92 Å². The Morgan fingerprint density at radius 3 is 2.48 bits per heavy atom. The molecule has 21 heavy (non-hydrogen) atoms. The van der Waals surface area contributed by atoms with Crippen LogP contribution in [-0.4, -0.2) is 19.2 Å². The van der Waals surface area contributed by atoms with Crippen LogP contribution in [0.15, 0.2) is 42.1 Å². The first-order chi connectivity index (χ1) is 10.0. The predicted octanol–water partition coefficient (Wildman–Crippen LogP) is 3.02. The lowest BCUT2D eigenvalue weighted by molar-refractivity contribution is -0.136. The van der Waals surface area contributed by atoms with E-state index in [9.17, 15) is 9.59 Å². The van der Waals surface area contributed by atoms with Crippen LogP contribution in [-0.2, 0) is 20.9 Å². The molecule has 0 aliphatic carbocycles.